The standard InChI is InChI=1S/C17H26N4O2/c1-12(2)5-6-13-7-9-21(10-8-13)15-14(11-18)16(22)20(4)17(23)19(15)3/h12-13H,5-10H2,1-4H3. The van der Waals surface area contributed by atoms with Crippen LogP contribution < -0.4 is 16.1 Å². The van der Waals surface area contributed by atoms with Crippen molar-refractivity contribution in [2.45, 2.75) is 39.5 Å². The summed E-state index contributed by atoms with van der Waals surface area (Å²) in [6, 6.07) is 1.99. The van der Waals surface area contributed by atoms with E-state index in [4.69, 9.17) is 0 Å². The summed E-state index contributed by atoms with van der Waals surface area (Å²) in [4.78, 5) is 26.4. The van der Waals surface area contributed by atoms with Crippen molar-refractivity contribution in [1.82, 2.24) is 9.13 Å². The van der Waals surface area contributed by atoms with E-state index in [0.29, 0.717) is 11.7 Å². The Morgan fingerprint density at radius 2 is 1.78 bits per heavy atom. The first-order valence-corrected chi connectivity index (χ1v) is 8.31. The highest BCUT2D eigenvalue weighted by Crippen LogP contribution is 2.27. The average Bonchev–Trinajstić information content (AvgIpc) is 2.54. The summed E-state index contributed by atoms with van der Waals surface area (Å²) in [5, 5.41) is 9.36. The molecule has 0 amide bonds. The number of hydrogen-bond acceptors (Lipinski definition) is 4. The van der Waals surface area contributed by atoms with Gasteiger partial charge in [-0.3, -0.25) is 13.9 Å². The second-order valence-electron chi connectivity index (χ2n) is 6.92. The molecule has 23 heavy (non-hydrogen) atoms. The number of piperidine rings is 1. The normalized spacial score (nSPS) is 15.9. The van der Waals surface area contributed by atoms with E-state index in [1.165, 1.54) is 24.5 Å². The van der Waals surface area contributed by atoms with Crippen LogP contribution in [0.2, 0.25) is 0 Å². The Hall–Kier alpha value is -2.03. The first kappa shape index (κ1) is 17.3. The van der Waals surface area contributed by atoms with Gasteiger partial charge in [0.05, 0.1) is 0 Å². The van der Waals surface area contributed by atoms with Crippen LogP contribution in [0.3, 0.4) is 0 Å². The molecule has 126 valence electrons. The van der Waals surface area contributed by atoms with Gasteiger partial charge in [-0.05, 0) is 24.7 Å². The second kappa shape index (κ2) is 7.03. The molecule has 1 aliphatic heterocycles. The van der Waals surface area contributed by atoms with Crippen LogP contribution in [-0.4, -0.2) is 22.2 Å². The van der Waals surface area contributed by atoms with Gasteiger partial charge in [0.2, 0.25) is 0 Å². The van der Waals surface area contributed by atoms with Crippen LogP contribution in [0.25, 0.3) is 0 Å². The number of nitrogens with zero attached hydrogens (tertiary/aromatic N) is 4. The minimum absolute atomic E-state index is 0.0650. The minimum Gasteiger partial charge on any atom is -0.357 e. The van der Waals surface area contributed by atoms with E-state index in [1.54, 1.807) is 7.05 Å². The molecule has 0 unspecified atom stereocenters. The van der Waals surface area contributed by atoms with Crippen LogP contribution in [0.15, 0.2) is 9.59 Å². The zero-order valence-corrected chi connectivity index (χ0v) is 14.5. The van der Waals surface area contributed by atoms with Crippen LogP contribution >= 0.6 is 0 Å². The van der Waals surface area contributed by atoms with Crippen molar-refractivity contribution >= 4 is 5.82 Å². The van der Waals surface area contributed by atoms with Crippen molar-refractivity contribution in [3.8, 4) is 6.07 Å². The Morgan fingerprint density at radius 1 is 1.17 bits per heavy atom. The molecule has 0 spiro atoms. The summed E-state index contributed by atoms with van der Waals surface area (Å²) < 4.78 is 2.42. The van der Waals surface area contributed by atoms with Gasteiger partial charge >= 0.3 is 5.69 Å². The molecule has 6 heteroatoms. The van der Waals surface area contributed by atoms with Crippen molar-refractivity contribution in [3.63, 3.8) is 0 Å². The summed E-state index contributed by atoms with van der Waals surface area (Å²) in [5.74, 6) is 1.89. The van der Waals surface area contributed by atoms with Crippen molar-refractivity contribution < 1.29 is 0 Å². The molecule has 0 atom stereocenters. The van der Waals surface area contributed by atoms with Gasteiger partial charge < -0.3 is 4.90 Å². The van der Waals surface area contributed by atoms with E-state index in [0.717, 1.165) is 36.4 Å². The summed E-state index contributed by atoms with van der Waals surface area (Å²) in [7, 11) is 3.04. The fraction of sp³-hybridized carbons (Fsp3) is 0.706. The fourth-order valence-corrected chi connectivity index (χ4v) is 3.30. The molecule has 1 aliphatic rings. The molecule has 0 radical (unpaired) electrons. The Balaban J connectivity index is 2.24. The van der Waals surface area contributed by atoms with Crippen molar-refractivity contribution in [2.24, 2.45) is 25.9 Å². The van der Waals surface area contributed by atoms with Crippen molar-refractivity contribution in [2.75, 3.05) is 18.0 Å². The third-order valence-electron chi connectivity index (χ3n) is 4.81. The third kappa shape index (κ3) is 3.49. The highest BCUT2D eigenvalue weighted by molar-refractivity contribution is 5.53. The third-order valence-corrected chi connectivity index (χ3v) is 4.81. The number of aromatic nitrogens is 2. The van der Waals surface area contributed by atoms with E-state index < -0.39 is 5.56 Å². The summed E-state index contributed by atoms with van der Waals surface area (Å²) in [5.41, 5.74) is -0.825. The number of nitriles is 1. The van der Waals surface area contributed by atoms with E-state index in [2.05, 4.69) is 13.8 Å². The number of hydrogen-bond donors (Lipinski definition) is 0. The molecule has 0 N–H and O–H groups in total. The molecule has 2 heterocycles. The lowest BCUT2D eigenvalue weighted by atomic mass is 9.89. The average molecular weight is 318 g/mol. The second-order valence-corrected chi connectivity index (χ2v) is 6.92. The maximum Gasteiger partial charge on any atom is 0.332 e. The first-order valence-electron chi connectivity index (χ1n) is 8.31. The maximum absolute atomic E-state index is 12.2. The van der Waals surface area contributed by atoms with Crippen LogP contribution in [0, 0.1) is 23.2 Å². The highest BCUT2D eigenvalue weighted by Gasteiger charge is 2.25. The van der Waals surface area contributed by atoms with Crippen LogP contribution in [-0.2, 0) is 14.1 Å². The lowest BCUT2D eigenvalue weighted by Crippen LogP contribution is -2.44. The molecule has 0 aliphatic carbocycles. The molecule has 1 fully saturated rings. The maximum atomic E-state index is 12.2. The quantitative estimate of drug-likeness (QED) is 0.845. The smallest absolute Gasteiger partial charge is 0.332 e. The highest BCUT2D eigenvalue weighted by atomic mass is 16.2. The van der Waals surface area contributed by atoms with Crippen LogP contribution in [0.5, 0.6) is 0 Å². The fourth-order valence-electron chi connectivity index (χ4n) is 3.30. The molecule has 6 nitrogen and oxygen atoms in total. The van der Waals surface area contributed by atoms with E-state index in [1.807, 2.05) is 11.0 Å². The molecule has 0 saturated carbocycles. The molecule has 0 aromatic carbocycles. The summed E-state index contributed by atoms with van der Waals surface area (Å²) >= 11 is 0. The zero-order valence-electron chi connectivity index (χ0n) is 14.5. The van der Waals surface area contributed by atoms with Gasteiger partial charge in [-0.25, -0.2) is 4.79 Å². The lowest BCUT2D eigenvalue weighted by Gasteiger charge is -2.35. The molecule has 0 bridgehead atoms. The van der Waals surface area contributed by atoms with Gasteiger partial charge in [0.25, 0.3) is 5.56 Å². The van der Waals surface area contributed by atoms with E-state index in [-0.39, 0.29) is 11.3 Å². The summed E-state index contributed by atoms with van der Waals surface area (Å²) in [6.45, 7) is 6.06. The summed E-state index contributed by atoms with van der Waals surface area (Å²) in [6.07, 6.45) is 4.55. The topological polar surface area (TPSA) is 71.0 Å². The molecule has 2 rings (SSSR count). The lowest BCUT2D eigenvalue weighted by molar-refractivity contribution is 0.349. The van der Waals surface area contributed by atoms with Gasteiger partial charge in [0.15, 0.2) is 5.56 Å². The van der Waals surface area contributed by atoms with Gasteiger partial charge in [-0.15, -0.1) is 0 Å². The molecular formula is C17H26N4O2. The number of rotatable bonds is 4. The van der Waals surface area contributed by atoms with Crippen LogP contribution in [0.1, 0.15) is 45.1 Å². The Morgan fingerprint density at radius 3 is 2.30 bits per heavy atom. The van der Waals surface area contributed by atoms with Crippen LogP contribution in [0.4, 0.5) is 5.82 Å². The number of anilines is 1. The first-order chi connectivity index (χ1) is 10.9. The zero-order chi connectivity index (χ0) is 17.1. The molecule has 1 saturated heterocycles. The van der Waals surface area contributed by atoms with Crippen molar-refractivity contribution in [1.29, 1.82) is 5.26 Å². The van der Waals surface area contributed by atoms with Gasteiger partial charge in [-0.2, -0.15) is 5.26 Å². The Labute approximate surface area is 137 Å². The van der Waals surface area contributed by atoms with E-state index >= 15 is 0 Å². The predicted molar refractivity (Wildman–Crippen MR) is 90.6 cm³/mol. The molecule has 1 aromatic rings. The minimum atomic E-state index is -0.507. The van der Waals surface area contributed by atoms with E-state index in [9.17, 15) is 14.9 Å². The molecular weight excluding hydrogens is 292 g/mol. The van der Waals surface area contributed by atoms with Crippen molar-refractivity contribution in [3.05, 3.63) is 26.4 Å². The monoisotopic (exact) mass is 318 g/mol. The Bertz CT molecular complexity index is 716. The largest absolute Gasteiger partial charge is 0.357 e. The predicted octanol–water partition coefficient (Wildman–Crippen LogP) is 1.61. The van der Waals surface area contributed by atoms with Gasteiger partial charge in [0, 0.05) is 27.2 Å². The van der Waals surface area contributed by atoms with Gasteiger partial charge in [0.1, 0.15) is 11.9 Å². The molecule has 1 aromatic heterocycles. The Kier molecular flexibility index (Phi) is 5.30. The van der Waals surface area contributed by atoms with Gasteiger partial charge in [-0.1, -0.05) is 26.7 Å². The SMILES string of the molecule is CC(C)CCC1CCN(c2c(C#N)c(=O)n(C)c(=O)n2C)CC1.